The molecule has 0 spiro atoms. The Balaban J connectivity index is 1.93. The van der Waals surface area contributed by atoms with Crippen molar-refractivity contribution in [2.45, 2.75) is 43.4 Å². The summed E-state index contributed by atoms with van der Waals surface area (Å²) in [7, 11) is -3.76. The average Bonchev–Trinajstić information content (AvgIpc) is 2.88. The van der Waals surface area contributed by atoms with E-state index in [-0.39, 0.29) is 10.8 Å². The van der Waals surface area contributed by atoms with E-state index < -0.39 is 10.0 Å². The van der Waals surface area contributed by atoms with Crippen molar-refractivity contribution in [3.05, 3.63) is 22.7 Å². The second kappa shape index (κ2) is 6.89. The predicted octanol–water partition coefficient (Wildman–Crippen LogP) is 3.01. The van der Waals surface area contributed by atoms with Gasteiger partial charge in [0.05, 0.1) is 4.90 Å². The minimum Gasteiger partial charge on any atom is -0.326 e. The first-order valence-electron chi connectivity index (χ1n) is 6.98. The van der Waals surface area contributed by atoms with Gasteiger partial charge in [-0.15, -0.1) is 0 Å². The number of halogens is 1. The molecule has 1 fully saturated rings. The largest absolute Gasteiger partial charge is 0.326 e. The van der Waals surface area contributed by atoms with Crippen LogP contribution in [0.25, 0.3) is 0 Å². The molecule has 0 saturated heterocycles. The summed E-state index contributed by atoms with van der Waals surface area (Å²) in [6.07, 6.45) is 6.41. The fourth-order valence-corrected chi connectivity index (χ4v) is 4.31. The molecule has 116 valence electrons. The second-order valence-electron chi connectivity index (χ2n) is 5.43. The van der Waals surface area contributed by atoms with Crippen LogP contribution in [0.1, 0.15) is 38.5 Å². The highest BCUT2D eigenvalue weighted by atomic mass is 79.9. The van der Waals surface area contributed by atoms with Crippen LogP contribution in [0.3, 0.4) is 0 Å². The van der Waals surface area contributed by atoms with Crippen molar-refractivity contribution >= 4 is 37.5 Å². The molecule has 2 rings (SSSR count). The van der Waals surface area contributed by atoms with Crippen molar-refractivity contribution in [1.82, 2.24) is 0 Å². The van der Waals surface area contributed by atoms with Gasteiger partial charge in [0.25, 0.3) is 0 Å². The van der Waals surface area contributed by atoms with Crippen LogP contribution in [0, 0.1) is 5.92 Å². The molecule has 1 amide bonds. The molecular weight excluding hydrogens is 356 g/mol. The van der Waals surface area contributed by atoms with Crippen LogP contribution in [0.2, 0.25) is 0 Å². The van der Waals surface area contributed by atoms with E-state index in [9.17, 15) is 13.2 Å². The Morgan fingerprint density at radius 1 is 1.33 bits per heavy atom. The van der Waals surface area contributed by atoms with Crippen molar-refractivity contribution in [1.29, 1.82) is 0 Å². The van der Waals surface area contributed by atoms with Gasteiger partial charge in [0.2, 0.25) is 15.9 Å². The zero-order chi connectivity index (χ0) is 15.5. The normalized spacial score (nSPS) is 16.1. The SMILES string of the molecule is NS(=O)(=O)c1ccc(NC(=O)CCC2CCCC2)cc1Br. The molecule has 0 bridgehead atoms. The monoisotopic (exact) mass is 374 g/mol. The van der Waals surface area contributed by atoms with Gasteiger partial charge >= 0.3 is 0 Å². The lowest BCUT2D eigenvalue weighted by atomic mass is 10.0. The molecule has 0 unspecified atom stereocenters. The summed E-state index contributed by atoms with van der Waals surface area (Å²) in [5.41, 5.74) is 0.561. The van der Waals surface area contributed by atoms with Crippen molar-refractivity contribution in [2.75, 3.05) is 5.32 Å². The molecule has 1 aliphatic rings. The van der Waals surface area contributed by atoms with Gasteiger partial charge in [0.1, 0.15) is 0 Å². The lowest BCUT2D eigenvalue weighted by Crippen LogP contribution is -2.15. The molecule has 0 atom stereocenters. The number of nitrogens with two attached hydrogens (primary N) is 1. The topological polar surface area (TPSA) is 89.3 Å². The maximum atomic E-state index is 11.9. The number of nitrogens with one attached hydrogen (secondary N) is 1. The lowest BCUT2D eigenvalue weighted by molar-refractivity contribution is -0.116. The van der Waals surface area contributed by atoms with E-state index in [0.29, 0.717) is 22.5 Å². The van der Waals surface area contributed by atoms with Crippen LogP contribution < -0.4 is 10.5 Å². The minimum atomic E-state index is -3.76. The van der Waals surface area contributed by atoms with Crippen LogP contribution in [-0.2, 0) is 14.8 Å². The summed E-state index contributed by atoms with van der Waals surface area (Å²) in [4.78, 5) is 11.9. The van der Waals surface area contributed by atoms with Gasteiger partial charge in [0, 0.05) is 16.6 Å². The van der Waals surface area contributed by atoms with Crippen LogP contribution in [0.15, 0.2) is 27.6 Å². The first-order chi connectivity index (χ1) is 9.86. The summed E-state index contributed by atoms with van der Waals surface area (Å²) in [5.74, 6) is 0.629. The van der Waals surface area contributed by atoms with Gasteiger partial charge < -0.3 is 5.32 Å². The Morgan fingerprint density at radius 2 is 2.00 bits per heavy atom. The molecule has 7 heteroatoms. The van der Waals surface area contributed by atoms with Gasteiger partial charge in [0.15, 0.2) is 0 Å². The van der Waals surface area contributed by atoms with E-state index in [1.807, 2.05) is 0 Å². The molecule has 21 heavy (non-hydrogen) atoms. The van der Waals surface area contributed by atoms with E-state index >= 15 is 0 Å². The van der Waals surface area contributed by atoms with Crippen LogP contribution in [-0.4, -0.2) is 14.3 Å². The summed E-state index contributed by atoms with van der Waals surface area (Å²) in [6.45, 7) is 0. The maximum absolute atomic E-state index is 11.9. The van der Waals surface area contributed by atoms with Crippen molar-refractivity contribution in [3.8, 4) is 0 Å². The molecule has 1 aliphatic carbocycles. The summed E-state index contributed by atoms with van der Waals surface area (Å²) >= 11 is 3.16. The maximum Gasteiger partial charge on any atom is 0.239 e. The summed E-state index contributed by atoms with van der Waals surface area (Å²) in [5, 5.41) is 7.86. The number of sulfonamides is 1. The number of hydrogen-bond acceptors (Lipinski definition) is 3. The highest BCUT2D eigenvalue weighted by molar-refractivity contribution is 9.10. The predicted molar refractivity (Wildman–Crippen MR) is 85.3 cm³/mol. The number of benzene rings is 1. The van der Waals surface area contributed by atoms with Gasteiger partial charge in [-0.2, -0.15) is 0 Å². The summed E-state index contributed by atoms with van der Waals surface area (Å²) < 4.78 is 22.9. The van der Waals surface area contributed by atoms with E-state index in [1.165, 1.54) is 37.8 Å². The fraction of sp³-hybridized carbons (Fsp3) is 0.500. The van der Waals surface area contributed by atoms with Crippen LogP contribution in [0.5, 0.6) is 0 Å². The zero-order valence-corrected chi connectivity index (χ0v) is 14.0. The first-order valence-corrected chi connectivity index (χ1v) is 9.32. The number of rotatable bonds is 5. The molecule has 0 heterocycles. The van der Waals surface area contributed by atoms with Crippen LogP contribution >= 0.6 is 15.9 Å². The number of primary sulfonamides is 1. The van der Waals surface area contributed by atoms with E-state index in [2.05, 4.69) is 21.2 Å². The molecule has 5 nitrogen and oxygen atoms in total. The quantitative estimate of drug-likeness (QED) is 0.829. The Labute approximate surface area is 133 Å². The highest BCUT2D eigenvalue weighted by Gasteiger charge is 2.17. The Morgan fingerprint density at radius 3 is 2.57 bits per heavy atom. The molecule has 1 aromatic rings. The smallest absolute Gasteiger partial charge is 0.239 e. The number of carbonyl (C=O) groups is 1. The molecule has 0 radical (unpaired) electrons. The van der Waals surface area contributed by atoms with Gasteiger partial charge in [-0.05, 0) is 46.5 Å². The molecule has 1 saturated carbocycles. The number of hydrogen-bond donors (Lipinski definition) is 2. The number of carbonyl (C=O) groups excluding carboxylic acids is 1. The molecule has 1 aromatic carbocycles. The Hall–Kier alpha value is -0.920. The van der Waals surface area contributed by atoms with Crippen molar-refractivity contribution in [3.63, 3.8) is 0 Å². The van der Waals surface area contributed by atoms with Crippen molar-refractivity contribution < 1.29 is 13.2 Å². The van der Waals surface area contributed by atoms with Gasteiger partial charge in [-0.1, -0.05) is 25.7 Å². The standard InChI is InChI=1S/C14H19BrN2O3S/c15-12-9-11(6-7-13(12)21(16,19)20)17-14(18)8-5-10-3-1-2-4-10/h6-7,9-10H,1-5,8H2,(H,17,18)(H2,16,19,20). The fourth-order valence-electron chi connectivity index (χ4n) is 2.67. The van der Waals surface area contributed by atoms with E-state index in [1.54, 1.807) is 6.07 Å². The average molecular weight is 375 g/mol. The molecule has 0 aromatic heterocycles. The molecule has 3 N–H and O–H groups in total. The molecule has 0 aliphatic heterocycles. The van der Waals surface area contributed by atoms with Crippen LogP contribution in [0.4, 0.5) is 5.69 Å². The second-order valence-corrected chi connectivity index (χ2v) is 7.81. The highest BCUT2D eigenvalue weighted by Crippen LogP contribution is 2.29. The van der Waals surface area contributed by atoms with Crippen molar-refractivity contribution in [2.24, 2.45) is 11.1 Å². The van der Waals surface area contributed by atoms with Gasteiger partial charge in [-0.25, -0.2) is 13.6 Å². The number of anilines is 1. The first kappa shape index (κ1) is 16.5. The molecular formula is C14H19BrN2O3S. The summed E-state index contributed by atoms with van der Waals surface area (Å²) in [6, 6.07) is 4.47. The third kappa shape index (κ3) is 4.79. The third-order valence-electron chi connectivity index (χ3n) is 3.78. The van der Waals surface area contributed by atoms with Gasteiger partial charge in [-0.3, -0.25) is 4.79 Å². The van der Waals surface area contributed by atoms with E-state index in [0.717, 1.165) is 6.42 Å². The zero-order valence-electron chi connectivity index (χ0n) is 11.6. The van der Waals surface area contributed by atoms with E-state index in [4.69, 9.17) is 5.14 Å². The Bertz CT molecular complexity index is 625. The third-order valence-corrected chi connectivity index (χ3v) is 5.66. The Kier molecular flexibility index (Phi) is 5.40. The number of amides is 1. The lowest BCUT2D eigenvalue weighted by Gasteiger charge is -2.10. The minimum absolute atomic E-state index is 0.00598.